The van der Waals surface area contributed by atoms with Gasteiger partial charge in [-0.15, -0.1) is 0 Å². The number of allylic oxidation sites excluding steroid dienone is 1. The zero-order valence-electron chi connectivity index (χ0n) is 12.0. The SMILES string of the molecule is CCCCN1NC(Cc2ccc(Br)cc2)=C(C=O)C1C. The fourth-order valence-electron chi connectivity index (χ4n) is 2.45. The molecule has 1 aliphatic rings. The van der Waals surface area contributed by atoms with E-state index >= 15 is 0 Å². The monoisotopic (exact) mass is 336 g/mol. The van der Waals surface area contributed by atoms with Crippen molar-refractivity contribution in [2.45, 2.75) is 39.2 Å². The topological polar surface area (TPSA) is 32.3 Å². The molecule has 0 bridgehead atoms. The number of carbonyl (C=O) groups excluding carboxylic acids is 1. The quantitative estimate of drug-likeness (QED) is 0.807. The molecule has 0 saturated carbocycles. The van der Waals surface area contributed by atoms with E-state index in [4.69, 9.17) is 0 Å². The summed E-state index contributed by atoms with van der Waals surface area (Å²) >= 11 is 3.44. The molecule has 1 heterocycles. The van der Waals surface area contributed by atoms with Gasteiger partial charge in [-0.2, -0.15) is 0 Å². The minimum absolute atomic E-state index is 0.157. The molecule has 0 spiro atoms. The van der Waals surface area contributed by atoms with E-state index in [-0.39, 0.29) is 6.04 Å². The number of carbonyl (C=O) groups is 1. The van der Waals surface area contributed by atoms with Crippen LogP contribution in [0.3, 0.4) is 0 Å². The summed E-state index contributed by atoms with van der Waals surface area (Å²) in [6.07, 6.45) is 4.06. The molecule has 3 nitrogen and oxygen atoms in total. The van der Waals surface area contributed by atoms with Crippen molar-refractivity contribution in [1.82, 2.24) is 10.4 Å². The first-order valence-corrected chi connectivity index (χ1v) is 7.91. The molecule has 4 heteroatoms. The number of rotatable bonds is 6. The maximum Gasteiger partial charge on any atom is 0.149 e. The van der Waals surface area contributed by atoms with Crippen molar-refractivity contribution in [2.24, 2.45) is 0 Å². The summed E-state index contributed by atoms with van der Waals surface area (Å²) in [7, 11) is 0. The van der Waals surface area contributed by atoms with Crippen LogP contribution in [0.15, 0.2) is 40.0 Å². The number of hydrazine groups is 1. The lowest BCUT2D eigenvalue weighted by atomic mass is 10.0. The molecule has 1 atom stereocenters. The first-order valence-electron chi connectivity index (χ1n) is 7.11. The van der Waals surface area contributed by atoms with E-state index in [9.17, 15) is 4.79 Å². The largest absolute Gasteiger partial charge is 0.322 e. The molecular formula is C16H21BrN2O. The Bertz CT molecular complexity index is 496. The predicted octanol–water partition coefficient (Wildman–Crippen LogP) is 3.45. The zero-order chi connectivity index (χ0) is 14.5. The van der Waals surface area contributed by atoms with Gasteiger partial charge in [-0.1, -0.05) is 41.4 Å². The molecule has 1 aromatic carbocycles. The Kier molecular flexibility index (Phi) is 5.38. The Morgan fingerprint density at radius 1 is 1.35 bits per heavy atom. The normalized spacial score (nSPS) is 19.2. The maximum absolute atomic E-state index is 11.4. The van der Waals surface area contributed by atoms with Crippen molar-refractivity contribution in [3.63, 3.8) is 0 Å². The van der Waals surface area contributed by atoms with Crippen LogP contribution in [0.2, 0.25) is 0 Å². The van der Waals surface area contributed by atoms with Crippen molar-refractivity contribution in [2.75, 3.05) is 6.54 Å². The molecule has 1 aliphatic heterocycles. The van der Waals surface area contributed by atoms with Gasteiger partial charge < -0.3 is 5.43 Å². The minimum Gasteiger partial charge on any atom is -0.322 e. The van der Waals surface area contributed by atoms with E-state index in [2.05, 4.69) is 52.3 Å². The molecule has 0 amide bonds. The minimum atomic E-state index is 0.157. The van der Waals surface area contributed by atoms with Crippen LogP contribution in [0.25, 0.3) is 0 Å². The van der Waals surface area contributed by atoms with Crippen LogP contribution < -0.4 is 5.43 Å². The van der Waals surface area contributed by atoms with Crippen LogP contribution >= 0.6 is 15.9 Å². The van der Waals surface area contributed by atoms with E-state index < -0.39 is 0 Å². The summed E-state index contributed by atoms with van der Waals surface area (Å²) in [4.78, 5) is 11.4. The Morgan fingerprint density at radius 3 is 2.65 bits per heavy atom. The second kappa shape index (κ2) is 7.04. The van der Waals surface area contributed by atoms with Crippen LogP contribution in [0, 0.1) is 0 Å². The zero-order valence-corrected chi connectivity index (χ0v) is 13.6. The van der Waals surface area contributed by atoms with E-state index in [0.717, 1.165) is 47.8 Å². The molecule has 1 unspecified atom stereocenters. The average Bonchev–Trinajstić information content (AvgIpc) is 2.74. The van der Waals surface area contributed by atoms with Crippen LogP contribution in [0.5, 0.6) is 0 Å². The van der Waals surface area contributed by atoms with Crippen LogP contribution in [0.1, 0.15) is 32.3 Å². The average molecular weight is 337 g/mol. The van der Waals surface area contributed by atoms with Gasteiger partial charge in [0.05, 0.1) is 6.04 Å². The molecule has 0 aliphatic carbocycles. The standard InChI is InChI=1S/C16H21BrN2O/c1-3-4-9-19-12(2)15(11-20)16(18-19)10-13-5-7-14(17)8-6-13/h5-8,11-12,18H,3-4,9-10H2,1-2H3. The van der Waals surface area contributed by atoms with Gasteiger partial charge in [0.15, 0.2) is 0 Å². The second-order valence-corrected chi connectivity index (χ2v) is 6.11. The number of halogens is 1. The fourth-order valence-corrected chi connectivity index (χ4v) is 2.71. The summed E-state index contributed by atoms with van der Waals surface area (Å²) in [6.45, 7) is 5.23. The van der Waals surface area contributed by atoms with Crippen molar-refractivity contribution in [1.29, 1.82) is 0 Å². The molecule has 0 fully saturated rings. The smallest absolute Gasteiger partial charge is 0.149 e. The van der Waals surface area contributed by atoms with E-state index in [1.165, 1.54) is 5.56 Å². The van der Waals surface area contributed by atoms with Crippen LogP contribution in [0.4, 0.5) is 0 Å². The van der Waals surface area contributed by atoms with Gasteiger partial charge >= 0.3 is 0 Å². The lowest BCUT2D eigenvalue weighted by molar-refractivity contribution is -0.105. The molecular weight excluding hydrogens is 316 g/mol. The molecule has 20 heavy (non-hydrogen) atoms. The Labute approximate surface area is 129 Å². The molecule has 2 rings (SSSR count). The first kappa shape index (κ1) is 15.3. The molecule has 0 aromatic heterocycles. The first-order chi connectivity index (χ1) is 9.65. The van der Waals surface area contributed by atoms with Crippen molar-refractivity contribution in [3.8, 4) is 0 Å². The molecule has 1 N–H and O–H groups in total. The molecule has 0 radical (unpaired) electrons. The highest BCUT2D eigenvalue weighted by molar-refractivity contribution is 9.10. The lowest BCUT2D eigenvalue weighted by Crippen LogP contribution is -2.38. The summed E-state index contributed by atoms with van der Waals surface area (Å²) in [5.74, 6) is 0. The van der Waals surface area contributed by atoms with Gasteiger partial charge in [0, 0.05) is 28.7 Å². The Hall–Kier alpha value is -1.13. The van der Waals surface area contributed by atoms with E-state index in [0.29, 0.717) is 0 Å². The second-order valence-electron chi connectivity index (χ2n) is 5.19. The third-order valence-corrected chi connectivity index (χ3v) is 4.25. The highest BCUT2D eigenvalue weighted by Crippen LogP contribution is 2.23. The third-order valence-electron chi connectivity index (χ3n) is 3.72. The van der Waals surface area contributed by atoms with Gasteiger partial charge in [-0.25, -0.2) is 5.01 Å². The number of benzene rings is 1. The summed E-state index contributed by atoms with van der Waals surface area (Å²) in [6, 6.07) is 8.39. The third kappa shape index (κ3) is 3.49. The number of nitrogens with zero attached hydrogens (tertiary/aromatic N) is 1. The highest BCUT2D eigenvalue weighted by atomic mass is 79.9. The predicted molar refractivity (Wildman–Crippen MR) is 85.1 cm³/mol. The Morgan fingerprint density at radius 2 is 2.05 bits per heavy atom. The summed E-state index contributed by atoms with van der Waals surface area (Å²) < 4.78 is 1.07. The molecule has 0 saturated heterocycles. The fraction of sp³-hybridized carbons (Fsp3) is 0.438. The van der Waals surface area contributed by atoms with Gasteiger partial charge in [-0.05, 0) is 31.0 Å². The van der Waals surface area contributed by atoms with Gasteiger partial charge in [0.1, 0.15) is 6.29 Å². The van der Waals surface area contributed by atoms with E-state index in [1.807, 2.05) is 12.1 Å². The number of nitrogens with one attached hydrogen (secondary N) is 1. The van der Waals surface area contributed by atoms with Gasteiger partial charge in [0.25, 0.3) is 0 Å². The number of hydrogen-bond donors (Lipinski definition) is 1. The maximum atomic E-state index is 11.4. The van der Waals surface area contributed by atoms with Crippen molar-refractivity contribution >= 4 is 22.2 Å². The van der Waals surface area contributed by atoms with Gasteiger partial charge in [-0.3, -0.25) is 4.79 Å². The van der Waals surface area contributed by atoms with Crippen molar-refractivity contribution in [3.05, 3.63) is 45.6 Å². The van der Waals surface area contributed by atoms with Gasteiger partial charge in [0.2, 0.25) is 0 Å². The highest BCUT2D eigenvalue weighted by Gasteiger charge is 2.28. The van der Waals surface area contributed by atoms with Crippen molar-refractivity contribution < 1.29 is 4.79 Å². The van der Waals surface area contributed by atoms with E-state index in [1.54, 1.807) is 0 Å². The summed E-state index contributed by atoms with van der Waals surface area (Å²) in [5.41, 5.74) is 6.53. The molecule has 108 valence electrons. The summed E-state index contributed by atoms with van der Waals surface area (Å²) in [5, 5.41) is 2.17. The lowest BCUT2D eigenvalue weighted by Gasteiger charge is -2.22. The number of aldehydes is 1. The molecule has 1 aromatic rings. The van der Waals surface area contributed by atoms with Crippen LogP contribution in [-0.4, -0.2) is 23.9 Å². The number of hydrogen-bond acceptors (Lipinski definition) is 3. The van der Waals surface area contributed by atoms with Crippen LogP contribution in [-0.2, 0) is 11.2 Å². The Balaban J connectivity index is 2.10. The number of unbranched alkanes of at least 4 members (excludes halogenated alkanes) is 1.